The summed E-state index contributed by atoms with van der Waals surface area (Å²) in [5.74, 6) is 2.54. The number of hydrogen-bond donors (Lipinski definition) is 1. The van der Waals surface area contributed by atoms with Gasteiger partial charge in [-0.3, -0.25) is 4.79 Å². The molecule has 2 aliphatic rings. The van der Waals surface area contributed by atoms with Gasteiger partial charge in [0, 0.05) is 12.1 Å². The summed E-state index contributed by atoms with van der Waals surface area (Å²) in [6.07, 6.45) is 1.78. The van der Waals surface area contributed by atoms with Gasteiger partial charge in [-0.15, -0.1) is 0 Å². The Balaban J connectivity index is 2.09. The van der Waals surface area contributed by atoms with Gasteiger partial charge in [-0.1, -0.05) is 0 Å². The van der Waals surface area contributed by atoms with Crippen LogP contribution in [0, 0.1) is 0 Å². The first-order chi connectivity index (χ1) is 9.95. The molecule has 0 aliphatic carbocycles. The van der Waals surface area contributed by atoms with E-state index in [2.05, 4.69) is 5.32 Å². The highest BCUT2D eigenvalue weighted by Gasteiger charge is 2.46. The summed E-state index contributed by atoms with van der Waals surface area (Å²) >= 11 is 0. The molecule has 2 aliphatic heterocycles. The average Bonchev–Trinajstić information content (AvgIpc) is 2.73. The zero-order valence-electron chi connectivity index (χ0n) is 12.4. The Kier molecular flexibility index (Phi) is 2.93. The summed E-state index contributed by atoms with van der Waals surface area (Å²) < 4.78 is 16.8. The molecule has 0 saturated carbocycles. The minimum atomic E-state index is -1.01. The second-order valence-corrected chi connectivity index (χ2v) is 5.17. The van der Waals surface area contributed by atoms with Crippen molar-refractivity contribution in [3.05, 3.63) is 41.4 Å². The molecule has 0 bridgehead atoms. The third-order valence-electron chi connectivity index (χ3n) is 3.57. The van der Waals surface area contributed by atoms with Crippen molar-refractivity contribution in [1.82, 2.24) is 0 Å². The lowest BCUT2D eigenvalue weighted by Crippen LogP contribution is -2.45. The molecule has 0 saturated heterocycles. The van der Waals surface area contributed by atoms with Gasteiger partial charge in [0.05, 0.1) is 12.8 Å². The van der Waals surface area contributed by atoms with Crippen molar-refractivity contribution in [3.8, 4) is 11.5 Å². The number of Topliss-reactive ketones (excluding diaryl/α,β-unsaturated/α-hetero) is 1. The van der Waals surface area contributed by atoms with Crippen LogP contribution in [0.25, 0.3) is 0 Å². The first-order valence-electron chi connectivity index (χ1n) is 6.70. The predicted octanol–water partition coefficient (Wildman–Crippen LogP) is 2.99. The van der Waals surface area contributed by atoms with Crippen LogP contribution in [-0.4, -0.2) is 18.6 Å². The number of hydrogen-bond acceptors (Lipinski definition) is 5. The number of anilines is 1. The van der Waals surface area contributed by atoms with E-state index in [1.807, 2.05) is 25.1 Å². The second-order valence-electron chi connectivity index (χ2n) is 5.17. The number of carbonyl (C=O) groups is 1. The van der Waals surface area contributed by atoms with Crippen LogP contribution in [-0.2, 0) is 9.53 Å². The lowest BCUT2D eigenvalue weighted by molar-refractivity contribution is -0.115. The van der Waals surface area contributed by atoms with E-state index < -0.39 is 5.72 Å². The first-order valence-corrected chi connectivity index (χ1v) is 6.70. The first kappa shape index (κ1) is 13.5. The second kappa shape index (κ2) is 4.55. The molecule has 21 heavy (non-hydrogen) atoms. The maximum absolute atomic E-state index is 12.0. The number of allylic oxidation sites excluding steroid dienone is 2. The number of benzene rings is 1. The third-order valence-corrected chi connectivity index (χ3v) is 3.57. The largest absolute Gasteiger partial charge is 0.497 e. The van der Waals surface area contributed by atoms with Crippen LogP contribution in [0.2, 0.25) is 0 Å². The number of nitrogens with one attached hydrogen (secondary N) is 1. The zero-order valence-corrected chi connectivity index (χ0v) is 12.4. The predicted molar refractivity (Wildman–Crippen MR) is 78.2 cm³/mol. The van der Waals surface area contributed by atoms with Gasteiger partial charge in [0.25, 0.3) is 0 Å². The number of ketones is 1. The average molecular weight is 287 g/mol. The lowest BCUT2D eigenvalue weighted by Gasteiger charge is -2.32. The van der Waals surface area contributed by atoms with Crippen LogP contribution in [0.4, 0.5) is 5.69 Å². The normalized spacial score (nSPS) is 23.0. The quantitative estimate of drug-likeness (QED) is 0.906. The molecule has 1 N–H and O–H groups in total. The van der Waals surface area contributed by atoms with E-state index in [-0.39, 0.29) is 5.78 Å². The monoisotopic (exact) mass is 287 g/mol. The standard InChI is InChI=1S/C16H17NO4/c1-9-8-16(15(10(2)18)11(3)20-9)17-13-7-12(19-4)5-6-14(13)21-16/h5-8,17H,1-4H3/t16-/m1/s1. The summed E-state index contributed by atoms with van der Waals surface area (Å²) in [5, 5.41) is 3.28. The SMILES string of the molecule is COc1ccc2c(c1)N[C@]1(C=C(C)OC(C)=C1C(C)=O)O2. The minimum absolute atomic E-state index is 0.0940. The maximum atomic E-state index is 12.0. The fraction of sp³-hybridized carbons (Fsp3) is 0.312. The lowest BCUT2D eigenvalue weighted by atomic mass is 9.95. The highest BCUT2D eigenvalue weighted by molar-refractivity contribution is 5.98. The smallest absolute Gasteiger partial charge is 0.237 e. The Hall–Kier alpha value is -2.43. The summed E-state index contributed by atoms with van der Waals surface area (Å²) in [4.78, 5) is 12.0. The van der Waals surface area contributed by atoms with E-state index in [1.54, 1.807) is 20.1 Å². The van der Waals surface area contributed by atoms with E-state index in [4.69, 9.17) is 14.2 Å². The summed E-state index contributed by atoms with van der Waals surface area (Å²) in [6.45, 7) is 5.10. The molecule has 0 aromatic heterocycles. The molecule has 110 valence electrons. The maximum Gasteiger partial charge on any atom is 0.237 e. The Bertz CT molecular complexity index is 690. The van der Waals surface area contributed by atoms with E-state index in [0.29, 0.717) is 22.8 Å². The van der Waals surface area contributed by atoms with E-state index in [9.17, 15) is 4.79 Å². The number of ether oxygens (including phenoxy) is 3. The molecule has 0 amide bonds. The number of fused-ring (bicyclic) bond motifs is 1. The Morgan fingerprint density at radius 2 is 2.10 bits per heavy atom. The molecule has 5 heteroatoms. The fourth-order valence-corrected chi connectivity index (χ4v) is 2.85. The van der Waals surface area contributed by atoms with Crippen LogP contribution in [0.1, 0.15) is 20.8 Å². The van der Waals surface area contributed by atoms with Gasteiger partial charge < -0.3 is 19.5 Å². The number of methoxy groups -OCH3 is 1. The van der Waals surface area contributed by atoms with Crippen molar-refractivity contribution in [2.75, 3.05) is 12.4 Å². The van der Waals surface area contributed by atoms with Crippen molar-refractivity contribution in [2.45, 2.75) is 26.5 Å². The molecule has 0 radical (unpaired) electrons. The van der Waals surface area contributed by atoms with E-state index in [1.165, 1.54) is 6.92 Å². The molecule has 5 nitrogen and oxygen atoms in total. The molecule has 2 heterocycles. The van der Waals surface area contributed by atoms with Crippen LogP contribution < -0.4 is 14.8 Å². The van der Waals surface area contributed by atoms with E-state index >= 15 is 0 Å². The highest BCUT2D eigenvalue weighted by atomic mass is 16.5. The topological polar surface area (TPSA) is 56.8 Å². The fourth-order valence-electron chi connectivity index (χ4n) is 2.85. The highest BCUT2D eigenvalue weighted by Crippen LogP contribution is 2.45. The molecular formula is C16H17NO4. The van der Waals surface area contributed by atoms with Crippen molar-refractivity contribution >= 4 is 11.5 Å². The number of carbonyl (C=O) groups excluding carboxylic acids is 1. The van der Waals surface area contributed by atoms with Crippen molar-refractivity contribution in [2.24, 2.45) is 0 Å². The van der Waals surface area contributed by atoms with Gasteiger partial charge in [0.2, 0.25) is 5.72 Å². The molecule has 1 spiro atoms. The number of rotatable bonds is 2. The molecular weight excluding hydrogens is 270 g/mol. The minimum Gasteiger partial charge on any atom is -0.497 e. The molecule has 1 atom stereocenters. The van der Waals surface area contributed by atoms with Gasteiger partial charge in [-0.05, 0) is 32.9 Å². The van der Waals surface area contributed by atoms with Gasteiger partial charge >= 0.3 is 0 Å². The Labute approximate surface area is 123 Å². The van der Waals surface area contributed by atoms with Gasteiger partial charge in [0.15, 0.2) is 5.78 Å². The zero-order chi connectivity index (χ0) is 15.2. The van der Waals surface area contributed by atoms with Gasteiger partial charge in [0.1, 0.15) is 28.6 Å². The van der Waals surface area contributed by atoms with Gasteiger partial charge in [-0.2, -0.15) is 0 Å². The van der Waals surface area contributed by atoms with Crippen molar-refractivity contribution in [3.63, 3.8) is 0 Å². The van der Waals surface area contributed by atoms with Crippen molar-refractivity contribution in [1.29, 1.82) is 0 Å². The third kappa shape index (κ3) is 2.05. The molecule has 0 unspecified atom stereocenters. The summed E-state index contributed by atoms with van der Waals surface area (Å²) in [5.41, 5.74) is 0.252. The Morgan fingerprint density at radius 1 is 1.33 bits per heavy atom. The van der Waals surface area contributed by atoms with Crippen LogP contribution in [0.15, 0.2) is 41.4 Å². The molecule has 1 aromatic rings. The Morgan fingerprint density at radius 3 is 2.76 bits per heavy atom. The summed E-state index contributed by atoms with van der Waals surface area (Å²) in [6, 6.07) is 5.48. The van der Waals surface area contributed by atoms with E-state index in [0.717, 1.165) is 11.4 Å². The van der Waals surface area contributed by atoms with Crippen LogP contribution in [0.3, 0.4) is 0 Å². The van der Waals surface area contributed by atoms with Crippen molar-refractivity contribution < 1.29 is 19.0 Å². The van der Waals surface area contributed by atoms with Gasteiger partial charge in [-0.25, -0.2) is 0 Å². The molecule has 1 aromatic carbocycles. The van der Waals surface area contributed by atoms with Crippen LogP contribution >= 0.6 is 0 Å². The molecule has 3 rings (SSSR count). The van der Waals surface area contributed by atoms with Crippen LogP contribution in [0.5, 0.6) is 11.5 Å². The summed E-state index contributed by atoms with van der Waals surface area (Å²) in [7, 11) is 1.61. The molecule has 0 fully saturated rings.